The Hall–Kier alpha value is -2.95. The van der Waals surface area contributed by atoms with Crippen LogP contribution in [0.2, 0.25) is 0 Å². The van der Waals surface area contributed by atoms with Crippen molar-refractivity contribution in [3.63, 3.8) is 0 Å². The number of halogens is 6. The van der Waals surface area contributed by atoms with Gasteiger partial charge < -0.3 is 28.6 Å². The Kier molecular flexibility index (Phi) is 13.7. The summed E-state index contributed by atoms with van der Waals surface area (Å²) in [6, 6.07) is 6.19. The van der Waals surface area contributed by atoms with Crippen LogP contribution in [0.1, 0.15) is 39.5 Å². The molecule has 0 saturated carbocycles. The highest BCUT2D eigenvalue weighted by atomic mass is 19.4. The van der Waals surface area contributed by atoms with Gasteiger partial charge in [-0.05, 0) is 55.7 Å². The zero-order chi connectivity index (χ0) is 35.8. The zero-order valence-corrected chi connectivity index (χ0v) is 28.2. The van der Waals surface area contributed by atoms with Gasteiger partial charge in [0.2, 0.25) is 0 Å². The number of carbonyl (C=O) groups is 1. The standard InChI is InChI=1S/C34H45F6N3O6/c1-23-5-6-25(14-31(23)49-22-47-12-11-45-3)13-29-18-41(7-9-42-19-30(21-46-4)48-20-24(42)2)8-10-43(29)32(44)26-15-27(33(35,36)37)17-28(16-26)34(38,39)40/h5-6,14-17,24,29-30H,7-13,18-22H2,1-4H3/t24-,29?,30-/m0/s1. The first-order valence-electron chi connectivity index (χ1n) is 16.2. The molecule has 2 aliphatic heterocycles. The van der Waals surface area contributed by atoms with Crippen molar-refractivity contribution in [1.82, 2.24) is 14.7 Å². The van der Waals surface area contributed by atoms with Crippen molar-refractivity contribution in [3.05, 3.63) is 64.2 Å². The van der Waals surface area contributed by atoms with Gasteiger partial charge in [-0.1, -0.05) is 12.1 Å². The van der Waals surface area contributed by atoms with Crippen LogP contribution in [0.3, 0.4) is 0 Å². The lowest BCUT2D eigenvalue weighted by Crippen LogP contribution is -2.58. The molecule has 0 aliphatic carbocycles. The summed E-state index contributed by atoms with van der Waals surface area (Å²) in [5, 5.41) is 0. The van der Waals surface area contributed by atoms with Crippen molar-refractivity contribution in [2.75, 3.05) is 86.7 Å². The number of piperazine rings is 1. The number of carbonyl (C=O) groups excluding carboxylic acids is 1. The number of rotatable bonds is 14. The quantitative estimate of drug-likeness (QED) is 0.152. The molecule has 2 saturated heterocycles. The molecule has 1 unspecified atom stereocenters. The van der Waals surface area contributed by atoms with E-state index in [-0.39, 0.29) is 31.5 Å². The van der Waals surface area contributed by atoms with Gasteiger partial charge in [-0.15, -0.1) is 0 Å². The topological polar surface area (TPSA) is 72.9 Å². The Balaban J connectivity index is 1.57. The number of nitrogens with zero attached hydrogens (tertiary/aromatic N) is 3. The van der Waals surface area contributed by atoms with Gasteiger partial charge in [-0.25, -0.2) is 0 Å². The molecule has 49 heavy (non-hydrogen) atoms. The molecule has 0 radical (unpaired) electrons. The molecule has 0 N–H and O–H groups in total. The average molecular weight is 706 g/mol. The van der Waals surface area contributed by atoms with Gasteiger partial charge in [0.1, 0.15) is 5.75 Å². The summed E-state index contributed by atoms with van der Waals surface area (Å²) in [6.07, 6.45) is -9.91. The molecule has 1 amide bonds. The minimum atomic E-state index is -5.07. The summed E-state index contributed by atoms with van der Waals surface area (Å²) in [5.74, 6) is -0.333. The van der Waals surface area contributed by atoms with Gasteiger partial charge in [0.25, 0.3) is 5.91 Å². The van der Waals surface area contributed by atoms with Crippen LogP contribution in [0.4, 0.5) is 26.3 Å². The van der Waals surface area contributed by atoms with E-state index in [1.165, 1.54) is 4.90 Å². The van der Waals surface area contributed by atoms with Crippen LogP contribution in [-0.2, 0) is 37.7 Å². The van der Waals surface area contributed by atoms with Crippen LogP contribution in [0.25, 0.3) is 0 Å². The lowest BCUT2D eigenvalue weighted by atomic mass is 9.98. The molecule has 2 fully saturated rings. The smallest absolute Gasteiger partial charge is 0.416 e. The lowest BCUT2D eigenvalue weighted by Gasteiger charge is -2.43. The second-order valence-corrected chi connectivity index (χ2v) is 12.5. The lowest BCUT2D eigenvalue weighted by molar-refractivity contribution is -0.143. The fourth-order valence-corrected chi connectivity index (χ4v) is 6.06. The van der Waals surface area contributed by atoms with Crippen molar-refractivity contribution in [2.45, 2.75) is 50.8 Å². The number of amides is 1. The van der Waals surface area contributed by atoms with E-state index in [2.05, 4.69) is 16.7 Å². The van der Waals surface area contributed by atoms with E-state index >= 15 is 0 Å². The number of methoxy groups -OCH3 is 2. The van der Waals surface area contributed by atoms with E-state index in [1.807, 2.05) is 25.1 Å². The van der Waals surface area contributed by atoms with E-state index in [0.717, 1.165) is 11.1 Å². The van der Waals surface area contributed by atoms with Gasteiger partial charge >= 0.3 is 12.4 Å². The zero-order valence-electron chi connectivity index (χ0n) is 28.2. The van der Waals surface area contributed by atoms with E-state index in [0.29, 0.717) is 83.5 Å². The van der Waals surface area contributed by atoms with Crippen LogP contribution < -0.4 is 4.74 Å². The minimum Gasteiger partial charge on any atom is -0.467 e. The number of morpholine rings is 1. The molecular weight excluding hydrogens is 660 g/mol. The maximum absolute atomic E-state index is 13.8. The molecule has 3 atom stereocenters. The van der Waals surface area contributed by atoms with Crippen molar-refractivity contribution in [3.8, 4) is 5.75 Å². The van der Waals surface area contributed by atoms with Crippen molar-refractivity contribution >= 4 is 5.91 Å². The Bertz CT molecular complexity index is 1340. The van der Waals surface area contributed by atoms with Crippen molar-refractivity contribution < 1.29 is 54.8 Å². The predicted molar refractivity (Wildman–Crippen MR) is 169 cm³/mol. The number of hydrogen-bond acceptors (Lipinski definition) is 8. The Morgan fingerprint density at radius 1 is 0.918 bits per heavy atom. The minimum absolute atomic E-state index is 0.0161. The average Bonchev–Trinajstić information content (AvgIpc) is 3.05. The highest BCUT2D eigenvalue weighted by Gasteiger charge is 2.39. The molecule has 15 heteroatoms. The second kappa shape index (κ2) is 17.3. The number of benzene rings is 2. The van der Waals surface area contributed by atoms with Crippen LogP contribution in [0, 0.1) is 6.92 Å². The van der Waals surface area contributed by atoms with E-state index in [1.54, 1.807) is 14.2 Å². The summed E-state index contributed by atoms with van der Waals surface area (Å²) in [5.41, 5.74) is -2.09. The first-order valence-corrected chi connectivity index (χ1v) is 16.2. The Labute approximate surface area is 283 Å². The highest BCUT2D eigenvalue weighted by molar-refractivity contribution is 5.95. The number of aryl methyl sites for hydroxylation is 1. The first kappa shape index (κ1) is 38.8. The molecule has 9 nitrogen and oxygen atoms in total. The third-order valence-electron chi connectivity index (χ3n) is 8.81. The van der Waals surface area contributed by atoms with Crippen LogP contribution >= 0.6 is 0 Å². The molecule has 2 aliphatic rings. The molecule has 2 aromatic carbocycles. The molecule has 0 spiro atoms. The fraction of sp³-hybridized carbons (Fsp3) is 0.618. The number of alkyl halides is 6. The fourth-order valence-electron chi connectivity index (χ4n) is 6.06. The molecule has 2 heterocycles. The van der Waals surface area contributed by atoms with E-state index in [4.69, 9.17) is 23.7 Å². The van der Waals surface area contributed by atoms with Gasteiger partial charge in [0.15, 0.2) is 6.79 Å². The number of ether oxygens (including phenoxy) is 5. The third-order valence-corrected chi connectivity index (χ3v) is 8.81. The summed E-state index contributed by atoms with van der Waals surface area (Å²) < 4.78 is 109. The summed E-state index contributed by atoms with van der Waals surface area (Å²) in [6.45, 7) is 8.62. The first-order chi connectivity index (χ1) is 23.2. The molecule has 4 rings (SSSR count). The molecule has 2 aromatic rings. The third kappa shape index (κ3) is 11.0. The van der Waals surface area contributed by atoms with Crippen molar-refractivity contribution in [1.29, 1.82) is 0 Å². The summed E-state index contributed by atoms with van der Waals surface area (Å²) >= 11 is 0. The Morgan fingerprint density at radius 2 is 1.63 bits per heavy atom. The summed E-state index contributed by atoms with van der Waals surface area (Å²) in [4.78, 5) is 19.7. The van der Waals surface area contributed by atoms with E-state index < -0.39 is 41.0 Å². The molecule has 0 aromatic heterocycles. The van der Waals surface area contributed by atoms with Gasteiger partial charge in [0.05, 0.1) is 43.7 Å². The highest BCUT2D eigenvalue weighted by Crippen LogP contribution is 2.37. The predicted octanol–water partition coefficient (Wildman–Crippen LogP) is 5.14. The second-order valence-electron chi connectivity index (χ2n) is 12.5. The molecular formula is C34H45F6N3O6. The normalized spacial score (nSPS) is 21.3. The van der Waals surface area contributed by atoms with Gasteiger partial charge in [-0.2, -0.15) is 26.3 Å². The largest absolute Gasteiger partial charge is 0.467 e. The van der Waals surface area contributed by atoms with Gasteiger partial charge in [0, 0.05) is 71.1 Å². The molecule has 0 bridgehead atoms. The van der Waals surface area contributed by atoms with E-state index in [9.17, 15) is 31.1 Å². The maximum Gasteiger partial charge on any atom is 0.416 e. The number of hydrogen-bond donors (Lipinski definition) is 0. The van der Waals surface area contributed by atoms with Crippen molar-refractivity contribution in [2.24, 2.45) is 0 Å². The monoisotopic (exact) mass is 705 g/mol. The van der Waals surface area contributed by atoms with Crippen LogP contribution in [0.15, 0.2) is 36.4 Å². The molecule has 274 valence electrons. The summed E-state index contributed by atoms with van der Waals surface area (Å²) in [7, 11) is 3.18. The maximum atomic E-state index is 13.8. The van der Waals surface area contributed by atoms with Crippen LogP contribution in [0.5, 0.6) is 5.75 Å². The van der Waals surface area contributed by atoms with Gasteiger partial charge in [-0.3, -0.25) is 14.6 Å². The van der Waals surface area contributed by atoms with Crippen LogP contribution in [-0.4, -0.2) is 126 Å². The SMILES string of the molecule is COCCOCOc1cc(CC2CN(CCN3C[C@@H](COC)OC[C@@H]3C)CCN2C(=O)c2cc(C(F)(F)F)cc(C(F)(F)F)c2)ccc1C. The Morgan fingerprint density at radius 3 is 2.29 bits per heavy atom.